The van der Waals surface area contributed by atoms with Crippen molar-refractivity contribution in [1.29, 1.82) is 0 Å². The quantitative estimate of drug-likeness (QED) is 0.891. The van der Waals surface area contributed by atoms with Crippen molar-refractivity contribution in [2.75, 3.05) is 13.7 Å². The number of ether oxygens (including phenoxy) is 1. The lowest BCUT2D eigenvalue weighted by Crippen LogP contribution is -2.23. The lowest BCUT2D eigenvalue weighted by Gasteiger charge is -2.18. The Kier molecular flexibility index (Phi) is 4.83. The molecule has 0 amide bonds. The zero-order valence-electron chi connectivity index (χ0n) is 11.2. The van der Waals surface area contributed by atoms with E-state index in [1.54, 1.807) is 0 Å². The summed E-state index contributed by atoms with van der Waals surface area (Å²) in [6, 6.07) is 16.2. The molecule has 0 fully saturated rings. The Morgan fingerprint density at radius 2 is 1.89 bits per heavy atom. The molecule has 19 heavy (non-hydrogen) atoms. The Morgan fingerprint density at radius 3 is 2.53 bits per heavy atom. The van der Waals surface area contributed by atoms with Gasteiger partial charge in [-0.05, 0) is 37.2 Å². The minimum absolute atomic E-state index is 0.151. The number of likely N-dealkylation sites (N-methyl/N-ethyl adjacent to an activating group) is 1. The van der Waals surface area contributed by atoms with E-state index in [1.807, 2.05) is 50.4 Å². The van der Waals surface area contributed by atoms with Crippen LogP contribution in [0.4, 0.5) is 0 Å². The van der Waals surface area contributed by atoms with Crippen molar-refractivity contribution in [3.63, 3.8) is 0 Å². The van der Waals surface area contributed by atoms with E-state index in [0.717, 1.165) is 11.3 Å². The first-order valence-corrected chi connectivity index (χ1v) is 6.69. The van der Waals surface area contributed by atoms with Gasteiger partial charge in [-0.15, -0.1) is 0 Å². The van der Waals surface area contributed by atoms with E-state index in [-0.39, 0.29) is 6.04 Å². The predicted octanol–water partition coefficient (Wildman–Crippen LogP) is 3.99. The molecule has 0 aliphatic carbocycles. The van der Waals surface area contributed by atoms with Gasteiger partial charge in [0.15, 0.2) is 0 Å². The second-order valence-electron chi connectivity index (χ2n) is 4.50. The maximum absolute atomic E-state index is 6.16. The average molecular weight is 276 g/mol. The molecule has 0 bridgehead atoms. The number of hydrogen-bond donors (Lipinski definition) is 1. The average Bonchev–Trinajstić information content (AvgIpc) is 2.43. The number of benzene rings is 2. The number of hydrogen-bond acceptors (Lipinski definition) is 2. The van der Waals surface area contributed by atoms with E-state index in [1.165, 1.54) is 5.56 Å². The van der Waals surface area contributed by atoms with E-state index in [2.05, 4.69) is 17.4 Å². The molecule has 0 spiro atoms. The topological polar surface area (TPSA) is 21.3 Å². The van der Waals surface area contributed by atoms with Gasteiger partial charge in [-0.25, -0.2) is 0 Å². The first-order valence-electron chi connectivity index (χ1n) is 6.32. The highest BCUT2D eigenvalue weighted by Crippen LogP contribution is 2.26. The summed E-state index contributed by atoms with van der Waals surface area (Å²) in [4.78, 5) is 0. The molecule has 2 aromatic rings. The Bertz CT molecular complexity index is 528. The number of aryl methyl sites for hydroxylation is 1. The van der Waals surface area contributed by atoms with Gasteiger partial charge in [-0.1, -0.05) is 48.0 Å². The van der Waals surface area contributed by atoms with Crippen LogP contribution >= 0.6 is 11.6 Å². The van der Waals surface area contributed by atoms with Gasteiger partial charge in [-0.2, -0.15) is 0 Å². The fourth-order valence-corrected chi connectivity index (χ4v) is 2.22. The van der Waals surface area contributed by atoms with Gasteiger partial charge >= 0.3 is 0 Å². The number of halogens is 1. The van der Waals surface area contributed by atoms with Crippen LogP contribution in [0.1, 0.15) is 17.2 Å². The van der Waals surface area contributed by atoms with Gasteiger partial charge < -0.3 is 10.1 Å². The Labute approximate surface area is 119 Å². The summed E-state index contributed by atoms with van der Waals surface area (Å²) < 4.78 is 5.80. The molecule has 2 aromatic carbocycles. The summed E-state index contributed by atoms with van der Waals surface area (Å²) in [6.07, 6.45) is 0. The molecular formula is C16H18ClNO. The highest BCUT2D eigenvalue weighted by atomic mass is 35.5. The molecule has 0 aliphatic heterocycles. The van der Waals surface area contributed by atoms with Crippen molar-refractivity contribution in [3.8, 4) is 5.75 Å². The monoisotopic (exact) mass is 275 g/mol. The maximum atomic E-state index is 6.16. The van der Waals surface area contributed by atoms with E-state index >= 15 is 0 Å². The van der Waals surface area contributed by atoms with E-state index in [0.29, 0.717) is 11.6 Å². The fourth-order valence-electron chi connectivity index (χ4n) is 1.93. The molecular weight excluding hydrogens is 258 g/mol. The first-order chi connectivity index (χ1) is 9.20. The van der Waals surface area contributed by atoms with Crippen molar-refractivity contribution in [2.45, 2.75) is 13.0 Å². The highest BCUT2D eigenvalue weighted by Gasteiger charge is 2.10. The molecule has 100 valence electrons. The third kappa shape index (κ3) is 3.72. The largest absolute Gasteiger partial charge is 0.490 e. The molecule has 1 N–H and O–H groups in total. The van der Waals surface area contributed by atoms with Crippen LogP contribution in [0, 0.1) is 6.92 Å². The van der Waals surface area contributed by atoms with Crippen LogP contribution < -0.4 is 10.1 Å². The third-order valence-electron chi connectivity index (χ3n) is 3.04. The lowest BCUT2D eigenvalue weighted by molar-refractivity contribution is 0.273. The first kappa shape index (κ1) is 13.9. The Hall–Kier alpha value is -1.51. The third-order valence-corrected chi connectivity index (χ3v) is 3.34. The Morgan fingerprint density at radius 1 is 1.16 bits per heavy atom. The SMILES string of the molecule is CNC(COc1ccc(C)cc1Cl)c1ccccc1. The van der Waals surface area contributed by atoms with Gasteiger partial charge in [0.1, 0.15) is 12.4 Å². The zero-order valence-corrected chi connectivity index (χ0v) is 11.9. The van der Waals surface area contributed by atoms with Crippen LogP contribution in [-0.2, 0) is 0 Å². The molecule has 0 radical (unpaired) electrons. The molecule has 0 aliphatic rings. The molecule has 1 atom stereocenters. The molecule has 3 heteroatoms. The summed E-state index contributed by atoms with van der Waals surface area (Å²) in [5.41, 5.74) is 2.33. The van der Waals surface area contributed by atoms with Crippen LogP contribution in [0.5, 0.6) is 5.75 Å². The van der Waals surface area contributed by atoms with Crippen LogP contribution in [0.2, 0.25) is 5.02 Å². The molecule has 2 nitrogen and oxygen atoms in total. The Balaban J connectivity index is 2.04. The van der Waals surface area contributed by atoms with E-state index in [9.17, 15) is 0 Å². The van der Waals surface area contributed by atoms with Crippen molar-refractivity contribution >= 4 is 11.6 Å². The second kappa shape index (κ2) is 6.60. The molecule has 0 aromatic heterocycles. The summed E-state index contributed by atoms with van der Waals surface area (Å²) >= 11 is 6.16. The summed E-state index contributed by atoms with van der Waals surface area (Å²) in [5, 5.41) is 3.91. The van der Waals surface area contributed by atoms with Gasteiger partial charge in [-0.3, -0.25) is 0 Å². The van der Waals surface area contributed by atoms with Crippen molar-refractivity contribution < 1.29 is 4.74 Å². The highest BCUT2D eigenvalue weighted by molar-refractivity contribution is 6.32. The van der Waals surface area contributed by atoms with Crippen LogP contribution in [0.3, 0.4) is 0 Å². The van der Waals surface area contributed by atoms with Gasteiger partial charge in [0.2, 0.25) is 0 Å². The normalized spacial score (nSPS) is 12.2. The van der Waals surface area contributed by atoms with E-state index < -0.39 is 0 Å². The van der Waals surface area contributed by atoms with Crippen molar-refractivity contribution in [3.05, 3.63) is 64.7 Å². The molecule has 0 saturated heterocycles. The maximum Gasteiger partial charge on any atom is 0.138 e. The van der Waals surface area contributed by atoms with Crippen LogP contribution in [0.15, 0.2) is 48.5 Å². The molecule has 2 rings (SSSR count). The van der Waals surface area contributed by atoms with Crippen LogP contribution in [0.25, 0.3) is 0 Å². The minimum atomic E-state index is 0.151. The molecule has 0 heterocycles. The van der Waals surface area contributed by atoms with Crippen molar-refractivity contribution in [2.24, 2.45) is 0 Å². The van der Waals surface area contributed by atoms with Crippen LogP contribution in [-0.4, -0.2) is 13.7 Å². The summed E-state index contributed by atoms with van der Waals surface area (Å²) in [6.45, 7) is 2.55. The number of rotatable bonds is 5. The smallest absolute Gasteiger partial charge is 0.138 e. The fraction of sp³-hybridized carbons (Fsp3) is 0.250. The minimum Gasteiger partial charge on any atom is -0.490 e. The van der Waals surface area contributed by atoms with Crippen molar-refractivity contribution in [1.82, 2.24) is 5.32 Å². The molecule has 1 unspecified atom stereocenters. The summed E-state index contributed by atoms with van der Waals surface area (Å²) in [5.74, 6) is 0.725. The van der Waals surface area contributed by atoms with Gasteiger partial charge in [0.05, 0.1) is 11.1 Å². The second-order valence-corrected chi connectivity index (χ2v) is 4.90. The van der Waals surface area contributed by atoms with E-state index in [4.69, 9.17) is 16.3 Å². The lowest BCUT2D eigenvalue weighted by atomic mass is 10.1. The van der Waals surface area contributed by atoms with Gasteiger partial charge in [0.25, 0.3) is 0 Å². The van der Waals surface area contributed by atoms with Gasteiger partial charge in [0, 0.05) is 0 Å². The predicted molar refractivity (Wildman–Crippen MR) is 79.9 cm³/mol. The zero-order chi connectivity index (χ0) is 13.7. The standard InChI is InChI=1S/C16H18ClNO/c1-12-8-9-16(14(17)10-12)19-11-15(18-2)13-6-4-3-5-7-13/h3-10,15,18H,11H2,1-2H3. The molecule has 0 saturated carbocycles. The number of nitrogens with one attached hydrogen (secondary N) is 1. The summed E-state index contributed by atoms with van der Waals surface area (Å²) in [7, 11) is 1.93.